The Kier molecular flexibility index (Phi) is 4.76. The molecule has 7 heteroatoms. The van der Waals surface area contributed by atoms with Crippen molar-refractivity contribution in [1.29, 1.82) is 0 Å². The molecule has 25 heavy (non-hydrogen) atoms. The van der Waals surface area contributed by atoms with E-state index in [4.69, 9.17) is 4.52 Å². The first kappa shape index (κ1) is 17.4. The van der Waals surface area contributed by atoms with Crippen molar-refractivity contribution in [3.05, 3.63) is 65.4 Å². The highest BCUT2D eigenvalue weighted by Crippen LogP contribution is 2.39. The van der Waals surface area contributed by atoms with E-state index in [1.165, 1.54) is 6.92 Å². The molecule has 0 bridgehead atoms. The molecule has 2 aromatic carbocycles. The number of benzene rings is 2. The lowest BCUT2D eigenvalue weighted by Crippen LogP contribution is -2.08. The van der Waals surface area contributed by atoms with Crippen LogP contribution in [0.5, 0.6) is 0 Å². The number of hydrogen-bond acceptors (Lipinski definition) is 4. The monoisotopic (exact) mass is 364 g/mol. The summed E-state index contributed by atoms with van der Waals surface area (Å²) >= 11 is 1.07. The van der Waals surface area contributed by atoms with E-state index >= 15 is 0 Å². The summed E-state index contributed by atoms with van der Waals surface area (Å²) < 4.78 is 46.7. The first-order valence-electron chi connectivity index (χ1n) is 7.48. The standard InChI is InChI=1S/C18H15F3N2OS/c1-11-7-9-13(10-8-11)14-5-3-4-6-15(14)25-23-17-16(18(19,20)21)12(2)24-22-17/h3-10H,1-2H3,(H,22,23). The fraction of sp³-hybridized carbons (Fsp3) is 0.167. The molecule has 0 spiro atoms. The van der Waals surface area contributed by atoms with Gasteiger partial charge in [-0.1, -0.05) is 53.2 Å². The molecule has 0 saturated carbocycles. The SMILES string of the molecule is Cc1ccc(-c2ccccc2SNc2noc(C)c2C(F)(F)F)cc1. The van der Waals surface area contributed by atoms with E-state index in [0.29, 0.717) is 0 Å². The van der Waals surface area contributed by atoms with E-state index in [1.54, 1.807) is 0 Å². The normalized spacial score (nSPS) is 11.6. The second-order valence-corrected chi connectivity index (χ2v) is 6.37. The molecule has 0 unspecified atom stereocenters. The Balaban J connectivity index is 1.87. The highest BCUT2D eigenvalue weighted by Gasteiger charge is 2.39. The van der Waals surface area contributed by atoms with Crippen LogP contribution in [0.2, 0.25) is 0 Å². The zero-order valence-electron chi connectivity index (χ0n) is 13.5. The van der Waals surface area contributed by atoms with E-state index in [9.17, 15) is 13.2 Å². The number of halogens is 3. The van der Waals surface area contributed by atoms with E-state index in [2.05, 4.69) is 9.88 Å². The quantitative estimate of drug-likeness (QED) is 0.568. The third-order valence-electron chi connectivity index (χ3n) is 3.65. The maximum absolute atomic E-state index is 13.1. The second-order valence-electron chi connectivity index (χ2n) is 5.53. The van der Waals surface area contributed by atoms with Gasteiger partial charge in [0.2, 0.25) is 0 Å². The fourth-order valence-electron chi connectivity index (χ4n) is 2.41. The number of alkyl halides is 3. The molecule has 3 rings (SSSR count). The lowest BCUT2D eigenvalue weighted by Gasteiger charge is -2.11. The molecule has 0 aliphatic rings. The summed E-state index contributed by atoms with van der Waals surface area (Å²) in [5, 5.41) is 3.48. The molecule has 0 fully saturated rings. The van der Waals surface area contributed by atoms with Gasteiger partial charge in [0.1, 0.15) is 11.3 Å². The number of aryl methyl sites for hydroxylation is 2. The molecule has 1 aromatic heterocycles. The van der Waals surface area contributed by atoms with Crippen molar-refractivity contribution in [3.63, 3.8) is 0 Å². The van der Waals surface area contributed by atoms with Crippen molar-refractivity contribution < 1.29 is 17.7 Å². The third-order valence-corrected chi connectivity index (χ3v) is 4.52. The van der Waals surface area contributed by atoms with E-state index < -0.39 is 11.7 Å². The predicted octanol–water partition coefficient (Wildman–Crippen LogP) is 6.10. The van der Waals surface area contributed by atoms with Crippen LogP contribution in [0.25, 0.3) is 11.1 Å². The summed E-state index contributed by atoms with van der Waals surface area (Å²) in [5.41, 5.74) is 2.17. The zero-order chi connectivity index (χ0) is 18.0. The molecule has 0 saturated heterocycles. The minimum Gasteiger partial charge on any atom is -0.359 e. The molecule has 1 N–H and O–H groups in total. The van der Waals surface area contributed by atoms with Gasteiger partial charge < -0.3 is 9.25 Å². The summed E-state index contributed by atoms with van der Waals surface area (Å²) in [6.45, 7) is 3.24. The topological polar surface area (TPSA) is 38.1 Å². The van der Waals surface area contributed by atoms with Crippen molar-refractivity contribution in [2.45, 2.75) is 24.9 Å². The number of aromatic nitrogens is 1. The lowest BCUT2D eigenvalue weighted by molar-refractivity contribution is -0.137. The van der Waals surface area contributed by atoms with Crippen LogP contribution in [0.3, 0.4) is 0 Å². The van der Waals surface area contributed by atoms with Crippen molar-refractivity contribution in [2.24, 2.45) is 0 Å². The van der Waals surface area contributed by atoms with Crippen LogP contribution in [0.4, 0.5) is 19.0 Å². The largest absolute Gasteiger partial charge is 0.423 e. The molecule has 0 aliphatic carbocycles. The minimum atomic E-state index is -4.52. The number of hydrogen-bond donors (Lipinski definition) is 1. The predicted molar refractivity (Wildman–Crippen MR) is 92.3 cm³/mol. The summed E-state index contributed by atoms with van der Waals surface area (Å²) in [7, 11) is 0. The van der Waals surface area contributed by atoms with Crippen LogP contribution in [0.1, 0.15) is 16.9 Å². The van der Waals surface area contributed by atoms with Gasteiger partial charge in [0, 0.05) is 4.90 Å². The van der Waals surface area contributed by atoms with Gasteiger partial charge in [0.25, 0.3) is 0 Å². The minimum absolute atomic E-state index is 0.262. The van der Waals surface area contributed by atoms with Crippen LogP contribution >= 0.6 is 11.9 Å². The smallest absolute Gasteiger partial charge is 0.359 e. The van der Waals surface area contributed by atoms with Crippen molar-refractivity contribution >= 4 is 17.8 Å². The molecule has 0 aliphatic heterocycles. The zero-order valence-corrected chi connectivity index (χ0v) is 14.3. The van der Waals surface area contributed by atoms with Crippen LogP contribution in [0, 0.1) is 13.8 Å². The number of nitrogens with zero attached hydrogens (tertiary/aromatic N) is 1. The van der Waals surface area contributed by atoms with Gasteiger partial charge in [-0.25, -0.2) is 0 Å². The first-order chi connectivity index (χ1) is 11.9. The van der Waals surface area contributed by atoms with Gasteiger partial charge in [-0.2, -0.15) is 13.2 Å². The van der Waals surface area contributed by atoms with E-state index in [1.807, 2.05) is 55.5 Å². The molecule has 1 heterocycles. The van der Waals surface area contributed by atoms with Crippen molar-refractivity contribution in [1.82, 2.24) is 5.16 Å². The van der Waals surface area contributed by atoms with Crippen LogP contribution < -0.4 is 4.72 Å². The Hall–Kier alpha value is -2.41. The van der Waals surface area contributed by atoms with Crippen molar-refractivity contribution in [2.75, 3.05) is 4.72 Å². The Morgan fingerprint density at radius 2 is 1.68 bits per heavy atom. The average Bonchev–Trinajstić information content (AvgIpc) is 2.95. The Labute approximate surface area is 147 Å². The molecule has 0 amide bonds. The van der Waals surface area contributed by atoms with E-state index in [-0.39, 0.29) is 11.6 Å². The Bertz CT molecular complexity index is 873. The van der Waals surface area contributed by atoms with Gasteiger partial charge in [-0.05, 0) is 43.0 Å². The Morgan fingerprint density at radius 1 is 1.00 bits per heavy atom. The lowest BCUT2D eigenvalue weighted by atomic mass is 10.0. The molecule has 0 radical (unpaired) electrons. The average molecular weight is 364 g/mol. The number of rotatable bonds is 4. The first-order valence-corrected chi connectivity index (χ1v) is 8.30. The summed E-state index contributed by atoms with van der Waals surface area (Å²) in [6.07, 6.45) is -4.52. The van der Waals surface area contributed by atoms with Crippen LogP contribution in [0.15, 0.2) is 57.9 Å². The molecular weight excluding hydrogens is 349 g/mol. The highest BCUT2D eigenvalue weighted by atomic mass is 32.2. The van der Waals surface area contributed by atoms with Crippen molar-refractivity contribution in [3.8, 4) is 11.1 Å². The molecular formula is C18H15F3N2OS. The van der Waals surface area contributed by atoms with Gasteiger partial charge in [0.05, 0.1) is 0 Å². The second kappa shape index (κ2) is 6.84. The maximum atomic E-state index is 13.1. The van der Waals surface area contributed by atoms with Crippen LogP contribution in [-0.2, 0) is 6.18 Å². The fourth-order valence-corrected chi connectivity index (χ4v) is 3.19. The van der Waals surface area contributed by atoms with Gasteiger partial charge >= 0.3 is 6.18 Å². The Morgan fingerprint density at radius 3 is 2.36 bits per heavy atom. The number of nitrogens with one attached hydrogen (secondary N) is 1. The highest BCUT2D eigenvalue weighted by molar-refractivity contribution is 8.00. The molecule has 0 atom stereocenters. The van der Waals surface area contributed by atoms with Crippen LogP contribution in [-0.4, -0.2) is 5.16 Å². The number of anilines is 1. The molecule has 3 nitrogen and oxygen atoms in total. The molecule has 3 aromatic rings. The van der Waals surface area contributed by atoms with Gasteiger partial charge in [-0.3, -0.25) is 0 Å². The molecule has 130 valence electrons. The summed E-state index contributed by atoms with van der Waals surface area (Å²) in [4.78, 5) is 0.792. The summed E-state index contributed by atoms with van der Waals surface area (Å²) in [6, 6.07) is 15.4. The summed E-state index contributed by atoms with van der Waals surface area (Å²) in [5.74, 6) is -0.587. The van der Waals surface area contributed by atoms with Gasteiger partial charge in [-0.15, -0.1) is 0 Å². The third kappa shape index (κ3) is 3.82. The van der Waals surface area contributed by atoms with Gasteiger partial charge in [0.15, 0.2) is 5.82 Å². The maximum Gasteiger partial charge on any atom is 0.423 e. The van der Waals surface area contributed by atoms with E-state index in [0.717, 1.165) is 33.5 Å².